The number of benzene rings is 1. The molecule has 1 atom stereocenters. The van der Waals surface area contributed by atoms with Crippen molar-refractivity contribution < 1.29 is 9.90 Å². The second kappa shape index (κ2) is 6.23. The zero-order chi connectivity index (χ0) is 13.0. The van der Waals surface area contributed by atoms with Gasteiger partial charge in [-0.25, -0.2) is 0 Å². The minimum Gasteiger partial charge on any atom is -0.508 e. The number of phenolic OH excluding ortho intramolecular Hbond substituents is 1. The normalized spacial score (nSPS) is 19.8. The highest BCUT2D eigenvalue weighted by Gasteiger charge is 2.26. The lowest BCUT2D eigenvalue weighted by atomic mass is 9.99. The lowest BCUT2D eigenvalue weighted by Crippen LogP contribution is -2.43. The molecule has 98 valence electrons. The van der Waals surface area contributed by atoms with Gasteiger partial charge in [-0.05, 0) is 49.9 Å². The number of aromatic hydroxyl groups is 1. The smallest absolute Gasteiger partial charge is 0.254 e. The van der Waals surface area contributed by atoms with Crippen LogP contribution in [0.2, 0.25) is 0 Å². The van der Waals surface area contributed by atoms with E-state index in [0.717, 1.165) is 31.1 Å². The maximum Gasteiger partial charge on any atom is 0.254 e. The summed E-state index contributed by atoms with van der Waals surface area (Å²) in [6, 6.07) is 6.86. The van der Waals surface area contributed by atoms with Crippen molar-refractivity contribution in [1.82, 2.24) is 4.90 Å². The average molecular weight is 312 g/mol. The molecule has 1 aliphatic rings. The molecular weight excluding hydrogens is 294 g/mol. The predicted molar refractivity (Wildman–Crippen MR) is 75.2 cm³/mol. The maximum atomic E-state index is 12.4. The Morgan fingerprint density at radius 2 is 2.06 bits per heavy atom. The number of hydrogen-bond donors (Lipinski definition) is 1. The van der Waals surface area contributed by atoms with Crippen LogP contribution in [0.25, 0.3) is 0 Å². The van der Waals surface area contributed by atoms with E-state index in [1.807, 2.05) is 4.90 Å². The van der Waals surface area contributed by atoms with Gasteiger partial charge < -0.3 is 10.0 Å². The molecule has 0 saturated carbocycles. The van der Waals surface area contributed by atoms with Crippen LogP contribution in [0, 0.1) is 0 Å². The Labute approximate surface area is 116 Å². The highest BCUT2D eigenvalue weighted by molar-refractivity contribution is 9.09. The van der Waals surface area contributed by atoms with Gasteiger partial charge in [-0.2, -0.15) is 0 Å². The van der Waals surface area contributed by atoms with Gasteiger partial charge in [-0.15, -0.1) is 0 Å². The molecule has 1 aromatic rings. The zero-order valence-corrected chi connectivity index (χ0v) is 11.9. The van der Waals surface area contributed by atoms with Crippen LogP contribution >= 0.6 is 15.9 Å². The first-order chi connectivity index (χ1) is 8.72. The first kappa shape index (κ1) is 13.4. The summed E-state index contributed by atoms with van der Waals surface area (Å²) in [4.78, 5) is 14.4. The molecule has 2 rings (SSSR count). The molecule has 0 aliphatic carbocycles. The van der Waals surface area contributed by atoms with E-state index in [-0.39, 0.29) is 11.7 Å². The fourth-order valence-electron chi connectivity index (χ4n) is 2.46. The summed E-state index contributed by atoms with van der Waals surface area (Å²) in [7, 11) is 0. The fraction of sp³-hybridized carbons (Fsp3) is 0.500. The molecule has 4 heteroatoms. The first-order valence-electron chi connectivity index (χ1n) is 6.38. The van der Waals surface area contributed by atoms with Gasteiger partial charge in [-0.3, -0.25) is 4.79 Å². The molecule has 1 aromatic carbocycles. The molecule has 1 fully saturated rings. The Balaban J connectivity index is 2.12. The number of halogens is 1. The van der Waals surface area contributed by atoms with E-state index in [9.17, 15) is 9.90 Å². The molecule has 0 spiro atoms. The highest BCUT2D eigenvalue weighted by atomic mass is 79.9. The molecule has 3 nitrogen and oxygen atoms in total. The molecule has 1 unspecified atom stereocenters. The number of rotatable bonds is 3. The van der Waals surface area contributed by atoms with Gasteiger partial charge in [0.25, 0.3) is 5.91 Å². The van der Waals surface area contributed by atoms with Crippen molar-refractivity contribution in [2.75, 3.05) is 11.9 Å². The standard InChI is InChI=1S/C14H18BrNO2/c15-9-8-12-3-1-2-10-16(12)14(18)11-4-6-13(17)7-5-11/h4-7,12,17H,1-3,8-10H2. The van der Waals surface area contributed by atoms with Gasteiger partial charge in [-0.1, -0.05) is 15.9 Å². The Hall–Kier alpha value is -1.03. The Bertz CT molecular complexity index is 403. The van der Waals surface area contributed by atoms with E-state index in [2.05, 4.69) is 15.9 Å². The lowest BCUT2D eigenvalue weighted by molar-refractivity contribution is 0.0610. The van der Waals surface area contributed by atoms with E-state index in [1.54, 1.807) is 24.3 Å². The lowest BCUT2D eigenvalue weighted by Gasteiger charge is -2.35. The van der Waals surface area contributed by atoms with Gasteiger partial charge in [0, 0.05) is 23.5 Å². The Morgan fingerprint density at radius 1 is 1.33 bits per heavy atom. The summed E-state index contributed by atoms with van der Waals surface area (Å²) in [5, 5.41) is 10.2. The van der Waals surface area contributed by atoms with Crippen LogP contribution in [0.15, 0.2) is 24.3 Å². The topological polar surface area (TPSA) is 40.5 Å². The van der Waals surface area contributed by atoms with Crippen molar-refractivity contribution in [3.05, 3.63) is 29.8 Å². The number of likely N-dealkylation sites (tertiary alicyclic amines) is 1. The summed E-state index contributed by atoms with van der Waals surface area (Å²) < 4.78 is 0. The van der Waals surface area contributed by atoms with Gasteiger partial charge in [0.2, 0.25) is 0 Å². The minimum absolute atomic E-state index is 0.0839. The third-order valence-corrected chi connectivity index (χ3v) is 3.90. The molecule has 0 radical (unpaired) electrons. The largest absolute Gasteiger partial charge is 0.508 e. The average Bonchev–Trinajstić information content (AvgIpc) is 2.40. The predicted octanol–water partition coefficient (Wildman–Crippen LogP) is 3.17. The molecule has 1 heterocycles. The molecule has 18 heavy (non-hydrogen) atoms. The number of phenols is 1. The summed E-state index contributed by atoms with van der Waals surface area (Å²) >= 11 is 3.46. The molecule has 1 aliphatic heterocycles. The third-order valence-electron chi connectivity index (χ3n) is 3.44. The van der Waals surface area contributed by atoms with Crippen molar-refractivity contribution in [3.63, 3.8) is 0 Å². The summed E-state index contributed by atoms with van der Waals surface area (Å²) in [5.41, 5.74) is 0.661. The van der Waals surface area contributed by atoms with E-state index in [4.69, 9.17) is 0 Å². The van der Waals surface area contributed by atoms with Gasteiger partial charge in [0.05, 0.1) is 0 Å². The van der Waals surface area contributed by atoms with E-state index >= 15 is 0 Å². The summed E-state index contributed by atoms with van der Waals surface area (Å²) in [5.74, 6) is 0.280. The number of carbonyl (C=O) groups is 1. The summed E-state index contributed by atoms with van der Waals surface area (Å²) in [6.07, 6.45) is 4.39. The van der Waals surface area contributed by atoms with E-state index in [1.165, 1.54) is 6.42 Å². The van der Waals surface area contributed by atoms with Gasteiger partial charge >= 0.3 is 0 Å². The number of alkyl halides is 1. The van der Waals surface area contributed by atoms with Crippen molar-refractivity contribution in [2.24, 2.45) is 0 Å². The molecule has 1 N–H and O–H groups in total. The summed E-state index contributed by atoms with van der Waals surface area (Å²) in [6.45, 7) is 0.845. The SMILES string of the molecule is O=C(c1ccc(O)cc1)N1CCCCC1CCBr. The number of piperidine rings is 1. The Kier molecular flexibility index (Phi) is 4.64. The van der Waals surface area contributed by atoms with Crippen molar-refractivity contribution in [1.29, 1.82) is 0 Å². The van der Waals surface area contributed by atoms with E-state index in [0.29, 0.717) is 11.6 Å². The molecule has 0 bridgehead atoms. The van der Waals surface area contributed by atoms with Crippen molar-refractivity contribution in [3.8, 4) is 5.75 Å². The maximum absolute atomic E-state index is 12.4. The second-order valence-corrected chi connectivity index (χ2v) is 5.47. The van der Waals surface area contributed by atoms with Crippen LogP contribution in [0.5, 0.6) is 5.75 Å². The quantitative estimate of drug-likeness (QED) is 0.871. The molecule has 0 aromatic heterocycles. The third kappa shape index (κ3) is 3.05. The minimum atomic E-state index is 0.0839. The number of carbonyl (C=O) groups excluding carboxylic acids is 1. The van der Waals surface area contributed by atoms with Gasteiger partial charge in [0.1, 0.15) is 5.75 Å². The van der Waals surface area contributed by atoms with Crippen molar-refractivity contribution >= 4 is 21.8 Å². The zero-order valence-electron chi connectivity index (χ0n) is 10.3. The van der Waals surface area contributed by atoms with Crippen LogP contribution in [0.4, 0.5) is 0 Å². The second-order valence-electron chi connectivity index (χ2n) is 4.67. The van der Waals surface area contributed by atoms with Crippen LogP contribution in [-0.2, 0) is 0 Å². The number of hydrogen-bond acceptors (Lipinski definition) is 2. The monoisotopic (exact) mass is 311 g/mol. The first-order valence-corrected chi connectivity index (χ1v) is 7.50. The fourth-order valence-corrected chi connectivity index (χ4v) is 2.99. The van der Waals surface area contributed by atoms with Crippen molar-refractivity contribution in [2.45, 2.75) is 31.7 Å². The number of amides is 1. The van der Waals surface area contributed by atoms with Gasteiger partial charge in [0.15, 0.2) is 0 Å². The molecule has 1 amide bonds. The van der Waals surface area contributed by atoms with Crippen LogP contribution in [0.1, 0.15) is 36.0 Å². The van der Waals surface area contributed by atoms with Crippen LogP contribution in [0.3, 0.4) is 0 Å². The van der Waals surface area contributed by atoms with Crippen LogP contribution < -0.4 is 0 Å². The highest BCUT2D eigenvalue weighted by Crippen LogP contribution is 2.23. The number of nitrogens with zero attached hydrogens (tertiary/aromatic N) is 1. The molecular formula is C14H18BrNO2. The van der Waals surface area contributed by atoms with E-state index < -0.39 is 0 Å². The Morgan fingerprint density at radius 3 is 2.72 bits per heavy atom. The molecule has 1 saturated heterocycles. The van der Waals surface area contributed by atoms with Crippen LogP contribution in [-0.4, -0.2) is 33.8 Å².